The summed E-state index contributed by atoms with van der Waals surface area (Å²) in [7, 11) is 0. The topological polar surface area (TPSA) is 96.2 Å². The Kier molecular flexibility index (Phi) is 9.71. The van der Waals surface area contributed by atoms with E-state index in [1.807, 2.05) is 39.0 Å². The molecule has 230 valence electrons. The second-order valence-corrected chi connectivity index (χ2v) is 12.6. The van der Waals surface area contributed by atoms with Gasteiger partial charge in [0, 0.05) is 41.8 Å². The number of carbonyl (C=O) groups excluding carboxylic acids is 2. The van der Waals surface area contributed by atoms with Crippen molar-refractivity contribution in [3.05, 3.63) is 101 Å². The number of carbonyl (C=O) groups is 2. The smallest absolute Gasteiger partial charge is 0.247 e. The van der Waals surface area contributed by atoms with Gasteiger partial charge in [-0.3, -0.25) is 14.5 Å². The quantitative estimate of drug-likeness (QED) is 0.275. The van der Waals surface area contributed by atoms with Crippen LogP contribution in [0.1, 0.15) is 50.8 Å². The zero-order valence-corrected chi connectivity index (χ0v) is 25.9. The van der Waals surface area contributed by atoms with Crippen LogP contribution in [-0.2, 0) is 22.7 Å². The van der Waals surface area contributed by atoms with Crippen LogP contribution >= 0.6 is 11.6 Å². The SMILES string of the molecule is CC(C)(C)NC(=O)[C@H](c1ccc(F)cc1)N(C(=O)Cn1nnc(-c2ccc(Cl)cc2)n1)C1CCN(Cc2ccccc2)CC1. The molecule has 1 atom stereocenters. The van der Waals surface area contributed by atoms with Gasteiger partial charge in [-0.1, -0.05) is 54.1 Å². The maximum atomic E-state index is 14.2. The summed E-state index contributed by atoms with van der Waals surface area (Å²) in [6.45, 7) is 7.76. The first-order chi connectivity index (χ1) is 21.1. The van der Waals surface area contributed by atoms with Crippen LogP contribution in [0.25, 0.3) is 11.4 Å². The summed E-state index contributed by atoms with van der Waals surface area (Å²) in [4.78, 5) is 33.4. The van der Waals surface area contributed by atoms with Gasteiger partial charge >= 0.3 is 0 Å². The summed E-state index contributed by atoms with van der Waals surface area (Å²) in [5, 5.41) is 16.3. The summed E-state index contributed by atoms with van der Waals surface area (Å²) in [6.07, 6.45) is 1.33. The lowest BCUT2D eigenvalue weighted by atomic mass is 9.95. The Hall–Kier alpha value is -4.15. The fourth-order valence-corrected chi connectivity index (χ4v) is 5.63. The highest BCUT2D eigenvalue weighted by atomic mass is 35.5. The predicted molar refractivity (Wildman–Crippen MR) is 167 cm³/mol. The van der Waals surface area contributed by atoms with Crippen molar-refractivity contribution >= 4 is 23.4 Å². The van der Waals surface area contributed by atoms with E-state index in [4.69, 9.17) is 11.6 Å². The average Bonchev–Trinajstić information content (AvgIpc) is 3.45. The molecule has 1 aromatic heterocycles. The molecule has 1 fully saturated rings. The van der Waals surface area contributed by atoms with Gasteiger partial charge in [0.1, 0.15) is 18.4 Å². The van der Waals surface area contributed by atoms with Crippen molar-refractivity contribution in [3.63, 3.8) is 0 Å². The predicted octanol–water partition coefficient (Wildman–Crippen LogP) is 5.28. The average molecular weight is 618 g/mol. The highest BCUT2D eigenvalue weighted by Gasteiger charge is 2.39. The third kappa shape index (κ3) is 8.06. The number of benzene rings is 3. The van der Waals surface area contributed by atoms with Crippen LogP contribution in [-0.4, -0.2) is 66.5 Å². The maximum absolute atomic E-state index is 14.2. The van der Waals surface area contributed by atoms with Gasteiger partial charge in [0.25, 0.3) is 0 Å². The Morgan fingerprint density at radius 1 is 1.00 bits per heavy atom. The zero-order valence-electron chi connectivity index (χ0n) is 25.2. The van der Waals surface area contributed by atoms with Crippen molar-refractivity contribution in [3.8, 4) is 11.4 Å². The lowest BCUT2D eigenvalue weighted by Gasteiger charge is -2.42. The number of hydrogen-bond acceptors (Lipinski definition) is 6. The molecule has 0 bridgehead atoms. The molecule has 11 heteroatoms. The van der Waals surface area contributed by atoms with E-state index in [2.05, 4.69) is 37.8 Å². The molecule has 2 amide bonds. The standard InChI is InChI=1S/C33H37ClFN7O2/c1-33(2,3)36-32(44)30(24-11-15-27(35)16-12-24)42(28-17-19-40(20-18-28)21-23-7-5-4-6-8-23)29(43)22-41-38-31(37-39-41)25-9-13-26(34)14-10-25/h4-16,28,30H,17-22H2,1-3H3,(H,36,44)/t30-/m0/s1. The van der Waals surface area contributed by atoms with Crippen molar-refractivity contribution in [2.45, 2.75) is 64.3 Å². The van der Waals surface area contributed by atoms with E-state index in [1.165, 1.54) is 22.5 Å². The molecule has 3 aromatic carbocycles. The summed E-state index contributed by atoms with van der Waals surface area (Å²) in [5.41, 5.74) is 1.91. The molecule has 1 saturated heterocycles. The van der Waals surface area contributed by atoms with E-state index >= 15 is 0 Å². The van der Waals surface area contributed by atoms with Gasteiger partial charge in [-0.05, 0) is 86.4 Å². The molecule has 0 unspecified atom stereocenters. The Labute approximate surface area is 262 Å². The number of likely N-dealkylation sites (tertiary alicyclic amines) is 1. The van der Waals surface area contributed by atoms with Crippen molar-refractivity contribution in [1.29, 1.82) is 0 Å². The Morgan fingerprint density at radius 3 is 2.30 bits per heavy atom. The second kappa shape index (κ2) is 13.7. The minimum Gasteiger partial charge on any atom is -0.349 e. The maximum Gasteiger partial charge on any atom is 0.247 e. The first-order valence-electron chi connectivity index (χ1n) is 14.7. The molecule has 0 radical (unpaired) electrons. The van der Waals surface area contributed by atoms with Crippen LogP contribution in [0.5, 0.6) is 0 Å². The number of tetrazole rings is 1. The van der Waals surface area contributed by atoms with Crippen LogP contribution in [0.4, 0.5) is 4.39 Å². The number of aromatic nitrogens is 4. The third-order valence-electron chi connectivity index (χ3n) is 7.53. The van der Waals surface area contributed by atoms with Crippen molar-refractivity contribution in [1.82, 2.24) is 35.3 Å². The Morgan fingerprint density at radius 2 is 1.66 bits per heavy atom. The number of nitrogens with zero attached hydrogens (tertiary/aromatic N) is 6. The summed E-state index contributed by atoms with van der Waals surface area (Å²) in [5.74, 6) is -0.726. The van der Waals surface area contributed by atoms with Crippen LogP contribution in [0.15, 0.2) is 78.9 Å². The van der Waals surface area contributed by atoms with Gasteiger partial charge in [0.05, 0.1) is 0 Å². The van der Waals surface area contributed by atoms with Crippen molar-refractivity contribution in [2.75, 3.05) is 13.1 Å². The van der Waals surface area contributed by atoms with Crippen molar-refractivity contribution in [2.24, 2.45) is 0 Å². The van der Waals surface area contributed by atoms with Gasteiger partial charge in [-0.15, -0.1) is 10.2 Å². The monoisotopic (exact) mass is 617 g/mol. The molecule has 4 aromatic rings. The molecule has 0 aliphatic carbocycles. The lowest BCUT2D eigenvalue weighted by molar-refractivity contribution is -0.146. The van der Waals surface area contributed by atoms with Crippen LogP contribution < -0.4 is 5.32 Å². The molecular formula is C33H37ClFN7O2. The molecule has 44 heavy (non-hydrogen) atoms. The summed E-state index contributed by atoms with van der Waals surface area (Å²) >= 11 is 6.02. The highest BCUT2D eigenvalue weighted by Crippen LogP contribution is 2.30. The number of rotatable bonds is 9. The van der Waals surface area contributed by atoms with Crippen LogP contribution in [0.2, 0.25) is 5.02 Å². The van der Waals surface area contributed by atoms with Gasteiger partial charge in [0.15, 0.2) is 0 Å². The second-order valence-electron chi connectivity index (χ2n) is 12.1. The van der Waals surface area contributed by atoms with E-state index in [-0.39, 0.29) is 24.4 Å². The van der Waals surface area contributed by atoms with Gasteiger partial charge in [0.2, 0.25) is 17.6 Å². The van der Waals surface area contributed by atoms with E-state index in [0.29, 0.717) is 34.8 Å². The van der Waals surface area contributed by atoms with E-state index in [0.717, 1.165) is 19.6 Å². The molecule has 0 spiro atoms. The Balaban J connectivity index is 1.43. The molecule has 2 heterocycles. The first kappa shape index (κ1) is 31.3. The molecule has 5 rings (SSSR count). The number of amides is 2. The summed E-state index contributed by atoms with van der Waals surface area (Å²) < 4.78 is 14.0. The fraction of sp³-hybridized carbons (Fsp3) is 0.364. The number of nitrogens with one attached hydrogen (secondary N) is 1. The number of halogens is 2. The zero-order chi connectivity index (χ0) is 31.3. The molecule has 9 nitrogen and oxygen atoms in total. The van der Waals surface area contributed by atoms with E-state index in [9.17, 15) is 14.0 Å². The van der Waals surface area contributed by atoms with Gasteiger partial charge in [-0.2, -0.15) is 4.80 Å². The third-order valence-corrected chi connectivity index (χ3v) is 7.78. The van der Waals surface area contributed by atoms with Crippen LogP contribution in [0.3, 0.4) is 0 Å². The Bertz CT molecular complexity index is 1550. The van der Waals surface area contributed by atoms with E-state index < -0.39 is 17.4 Å². The lowest BCUT2D eigenvalue weighted by Crippen LogP contribution is -2.55. The molecule has 1 N–H and O–H groups in total. The van der Waals surface area contributed by atoms with Gasteiger partial charge < -0.3 is 10.2 Å². The highest BCUT2D eigenvalue weighted by molar-refractivity contribution is 6.30. The first-order valence-corrected chi connectivity index (χ1v) is 15.1. The molecule has 1 aliphatic heterocycles. The minimum absolute atomic E-state index is 0.217. The van der Waals surface area contributed by atoms with Crippen LogP contribution in [0, 0.1) is 5.82 Å². The molecule has 0 saturated carbocycles. The van der Waals surface area contributed by atoms with E-state index in [1.54, 1.807) is 41.3 Å². The number of piperidine rings is 1. The molecule has 1 aliphatic rings. The minimum atomic E-state index is -0.979. The summed E-state index contributed by atoms with van der Waals surface area (Å²) in [6, 6.07) is 21.8. The molecular weight excluding hydrogens is 581 g/mol. The normalized spacial score (nSPS) is 15.1. The largest absolute Gasteiger partial charge is 0.349 e. The number of hydrogen-bond donors (Lipinski definition) is 1. The van der Waals surface area contributed by atoms with Crippen molar-refractivity contribution < 1.29 is 14.0 Å². The van der Waals surface area contributed by atoms with Gasteiger partial charge in [-0.25, -0.2) is 4.39 Å². The fourth-order valence-electron chi connectivity index (χ4n) is 5.50.